The first-order valence-corrected chi connectivity index (χ1v) is 9.05. The van der Waals surface area contributed by atoms with Gasteiger partial charge < -0.3 is 4.90 Å². The Morgan fingerprint density at radius 2 is 2.10 bits per heavy atom. The first-order valence-electron chi connectivity index (χ1n) is 6.80. The van der Waals surface area contributed by atoms with Crippen LogP contribution in [-0.2, 0) is 14.8 Å². The molecule has 1 aromatic rings. The number of fused-ring (bicyclic) bond motifs is 1. The van der Waals surface area contributed by atoms with Crippen molar-refractivity contribution in [2.45, 2.75) is 43.0 Å². The molecule has 7 heteroatoms. The lowest BCUT2D eigenvalue weighted by atomic mass is 10.1. The van der Waals surface area contributed by atoms with Gasteiger partial charge in [0.15, 0.2) is 0 Å². The van der Waals surface area contributed by atoms with Crippen LogP contribution in [0.4, 0.5) is 0 Å². The molecule has 2 aliphatic rings. The van der Waals surface area contributed by atoms with E-state index < -0.39 is 16.1 Å². The molecule has 2 fully saturated rings. The molecule has 3 rings (SSSR count). The van der Waals surface area contributed by atoms with Crippen LogP contribution in [0, 0.1) is 6.92 Å². The first kappa shape index (κ1) is 14.0. The third-order valence-electron chi connectivity index (χ3n) is 4.12. The Morgan fingerprint density at radius 1 is 1.35 bits per heavy atom. The van der Waals surface area contributed by atoms with Crippen molar-refractivity contribution in [1.82, 2.24) is 9.21 Å². The Kier molecular flexibility index (Phi) is 3.38. The molecule has 110 valence electrons. The maximum atomic E-state index is 12.7. The van der Waals surface area contributed by atoms with E-state index in [2.05, 4.69) is 0 Å². The number of sulfonamides is 1. The number of hydrogen-bond donors (Lipinski definition) is 0. The standard InChI is InChI=1S/C13H18N2O3S2/c1-9-5-6-12(19-9)20(17,18)15-8-11-4-3-7-14(11)13(16)10(15)2/h5-6,10-11H,3-4,7-8H2,1-2H3/t10-,11+/m1/s1. The topological polar surface area (TPSA) is 57.7 Å². The summed E-state index contributed by atoms with van der Waals surface area (Å²) in [7, 11) is -3.56. The zero-order valence-electron chi connectivity index (χ0n) is 11.6. The van der Waals surface area contributed by atoms with Crippen LogP contribution in [0.2, 0.25) is 0 Å². The third-order valence-corrected chi connectivity index (χ3v) is 7.52. The fourth-order valence-electron chi connectivity index (χ4n) is 3.02. The van der Waals surface area contributed by atoms with Gasteiger partial charge in [-0.05, 0) is 38.8 Å². The highest BCUT2D eigenvalue weighted by atomic mass is 32.2. The van der Waals surface area contributed by atoms with Crippen LogP contribution in [0.3, 0.4) is 0 Å². The second-order valence-corrected chi connectivity index (χ2v) is 8.85. The van der Waals surface area contributed by atoms with E-state index in [0.717, 1.165) is 24.3 Å². The van der Waals surface area contributed by atoms with Crippen molar-refractivity contribution in [3.8, 4) is 0 Å². The van der Waals surface area contributed by atoms with Crippen LogP contribution >= 0.6 is 11.3 Å². The number of aryl methyl sites for hydroxylation is 1. The van der Waals surface area contributed by atoms with Gasteiger partial charge in [0.2, 0.25) is 5.91 Å². The monoisotopic (exact) mass is 314 g/mol. The molecule has 0 unspecified atom stereocenters. The number of hydrogen-bond acceptors (Lipinski definition) is 4. The maximum Gasteiger partial charge on any atom is 0.253 e. The molecule has 0 saturated carbocycles. The first-order chi connectivity index (χ1) is 9.41. The predicted molar refractivity (Wildman–Crippen MR) is 77.1 cm³/mol. The summed E-state index contributed by atoms with van der Waals surface area (Å²) in [5.41, 5.74) is 0. The van der Waals surface area contributed by atoms with Gasteiger partial charge in [-0.1, -0.05) is 0 Å². The van der Waals surface area contributed by atoms with E-state index in [-0.39, 0.29) is 11.9 Å². The minimum Gasteiger partial charge on any atom is -0.337 e. The minimum atomic E-state index is -3.56. The molecule has 2 saturated heterocycles. The summed E-state index contributed by atoms with van der Waals surface area (Å²) in [5, 5.41) is 0. The summed E-state index contributed by atoms with van der Waals surface area (Å²) >= 11 is 1.26. The fourth-order valence-corrected chi connectivity index (χ4v) is 6.06. The summed E-state index contributed by atoms with van der Waals surface area (Å²) in [6.07, 6.45) is 1.86. The van der Waals surface area contributed by atoms with E-state index in [4.69, 9.17) is 0 Å². The second-order valence-electron chi connectivity index (χ2n) is 5.44. The summed E-state index contributed by atoms with van der Waals surface area (Å²) in [5.74, 6) is -0.0596. The predicted octanol–water partition coefficient (Wildman–Crippen LogP) is 1.44. The number of piperazine rings is 1. The molecule has 0 bridgehead atoms. The number of carbonyl (C=O) groups excluding carboxylic acids is 1. The molecular weight excluding hydrogens is 296 g/mol. The highest BCUT2D eigenvalue weighted by Gasteiger charge is 2.45. The smallest absolute Gasteiger partial charge is 0.253 e. The minimum absolute atomic E-state index is 0.0505. The molecule has 1 aromatic heterocycles. The number of thiophene rings is 1. The van der Waals surface area contributed by atoms with Crippen LogP contribution in [-0.4, -0.2) is 48.7 Å². The molecular formula is C13H18N2O3S2. The largest absolute Gasteiger partial charge is 0.337 e. The zero-order chi connectivity index (χ0) is 14.5. The maximum absolute atomic E-state index is 12.7. The highest BCUT2D eigenvalue weighted by Crippen LogP contribution is 2.32. The molecule has 0 aliphatic carbocycles. The average molecular weight is 314 g/mol. The third kappa shape index (κ3) is 2.08. The summed E-state index contributed by atoms with van der Waals surface area (Å²) < 4.78 is 27.1. The molecule has 0 spiro atoms. The van der Waals surface area contributed by atoms with Gasteiger partial charge in [-0.2, -0.15) is 4.31 Å². The number of nitrogens with zero attached hydrogens (tertiary/aromatic N) is 2. The molecule has 2 atom stereocenters. The molecule has 0 N–H and O–H groups in total. The Morgan fingerprint density at radius 3 is 2.75 bits per heavy atom. The van der Waals surface area contributed by atoms with Gasteiger partial charge in [-0.15, -0.1) is 11.3 Å². The van der Waals surface area contributed by atoms with Crippen molar-refractivity contribution < 1.29 is 13.2 Å². The molecule has 20 heavy (non-hydrogen) atoms. The summed E-state index contributed by atoms with van der Waals surface area (Å²) in [6.45, 7) is 4.76. The Labute approximate surface area is 123 Å². The van der Waals surface area contributed by atoms with Gasteiger partial charge >= 0.3 is 0 Å². The normalized spacial score (nSPS) is 27.9. The van der Waals surface area contributed by atoms with Gasteiger partial charge in [0.05, 0.1) is 0 Å². The van der Waals surface area contributed by atoms with Crippen molar-refractivity contribution in [3.05, 3.63) is 17.0 Å². The van der Waals surface area contributed by atoms with Gasteiger partial charge in [-0.3, -0.25) is 4.79 Å². The van der Waals surface area contributed by atoms with Crippen LogP contribution in [0.5, 0.6) is 0 Å². The van der Waals surface area contributed by atoms with Crippen LogP contribution in [0.25, 0.3) is 0 Å². The van der Waals surface area contributed by atoms with Crippen molar-refractivity contribution in [2.75, 3.05) is 13.1 Å². The zero-order valence-corrected chi connectivity index (χ0v) is 13.2. The van der Waals surface area contributed by atoms with Crippen molar-refractivity contribution >= 4 is 27.3 Å². The summed E-state index contributed by atoms with van der Waals surface area (Å²) in [6, 6.07) is 2.88. The Balaban J connectivity index is 1.95. The quantitative estimate of drug-likeness (QED) is 0.830. The Bertz CT molecular complexity index is 638. The van der Waals surface area contributed by atoms with Gasteiger partial charge in [-0.25, -0.2) is 8.42 Å². The fraction of sp³-hybridized carbons (Fsp3) is 0.615. The lowest BCUT2D eigenvalue weighted by molar-refractivity contribution is -0.139. The van der Waals surface area contributed by atoms with Gasteiger partial charge in [0, 0.05) is 24.0 Å². The van der Waals surface area contributed by atoms with Gasteiger partial charge in [0.25, 0.3) is 10.0 Å². The van der Waals surface area contributed by atoms with Crippen LogP contribution < -0.4 is 0 Å². The molecule has 0 aromatic carbocycles. The molecule has 1 amide bonds. The van der Waals surface area contributed by atoms with Crippen LogP contribution in [0.1, 0.15) is 24.6 Å². The van der Waals surface area contributed by atoms with Gasteiger partial charge in [0.1, 0.15) is 10.3 Å². The molecule has 2 aliphatic heterocycles. The number of amides is 1. The van der Waals surface area contributed by atoms with Crippen molar-refractivity contribution in [3.63, 3.8) is 0 Å². The molecule has 5 nitrogen and oxygen atoms in total. The van der Waals surface area contributed by atoms with Crippen molar-refractivity contribution in [1.29, 1.82) is 0 Å². The average Bonchev–Trinajstić information content (AvgIpc) is 3.02. The van der Waals surface area contributed by atoms with E-state index >= 15 is 0 Å². The second kappa shape index (κ2) is 4.82. The van der Waals surface area contributed by atoms with E-state index in [1.807, 2.05) is 11.8 Å². The van der Waals surface area contributed by atoms with E-state index in [1.54, 1.807) is 19.1 Å². The number of rotatable bonds is 2. The van der Waals surface area contributed by atoms with E-state index in [1.165, 1.54) is 15.6 Å². The SMILES string of the molecule is Cc1ccc(S(=O)(=O)N2C[C@@H]3CCCN3C(=O)[C@H]2C)s1. The summed E-state index contributed by atoms with van der Waals surface area (Å²) in [4.78, 5) is 15.1. The Hall–Kier alpha value is -0.920. The van der Waals surface area contributed by atoms with E-state index in [9.17, 15) is 13.2 Å². The lowest BCUT2D eigenvalue weighted by Gasteiger charge is -2.40. The van der Waals surface area contributed by atoms with Crippen LogP contribution in [0.15, 0.2) is 16.3 Å². The molecule has 3 heterocycles. The molecule has 0 radical (unpaired) electrons. The highest BCUT2D eigenvalue weighted by molar-refractivity contribution is 7.91. The number of carbonyl (C=O) groups is 1. The lowest BCUT2D eigenvalue weighted by Crippen LogP contribution is -2.59. The van der Waals surface area contributed by atoms with Crippen molar-refractivity contribution in [2.24, 2.45) is 0 Å². The van der Waals surface area contributed by atoms with E-state index in [0.29, 0.717) is 10.8 Å².